The van der Waals surface area contributed by atoms with E-state index >= 15 is 0 Å². The highest BCUT2D eigenvalue weighted by atomic mass is 16.3. The van der Waals surface area contributed by atoms with Crippen molar-refractivity contribution in [1.29, 1.82) is 0 Å². The monoisotopic (exact) mass is 290 g/mol. The highest BCUT2D eigenvalue weighted by Crippen LogP contribution is 2.34. The molecule has 21 heavy (non-hydrogen) atoms. The SMILES string of the molecule is CCC1CCC(O)(CNc2ccc(C(C)=O)c(N)c2)CC1. The predicted molar refractivity (Wildman–Crippen MR) is 86.5 cm³/mol. The molecule has 1 fully saturated rings. The molecule has 4 N–H and O–H groups in total. The average Bonchev–Trinajstić information content (AvgIpc) is 2.46. The van der Waals surface area contributed by atoms with Gasteiger partial charge in [0.2, 0.25) is 0 Å². The predicted octanol–water partition coefficient (Wildman–Crippen LogP) is 3.21. The van der Waals surface area contributed by atoms with Gasteiger partial charge in [0.15, 0.2) is 5.78 Å². The Balaban J connectivity index is 1.94. The van der Waals surface area contributed by atoms with E-state index in [0.29, 0.717) is 17.8 Å². The molecule has 4 heteroatoms. The topological polar surface area (TPSA) is 75.3 Å². The zero-order chi connectivity index (χ0) is 15.5. The van der Waals surface area contributed by atoms with E-state index in [9.17, 15) is 9.90 Å². The lowest BCUT2D eigenvalue weighted by molar-refractivity contribution is 0.00229. The lowest BCUT2D eigenvalue weighted by Gasteiger charge is -2.36. The third-order valence-electron chi connectivity index (χ3n) is 4.67. The van der Waals surface area contributed by atoms with Crippen LogP contribution in [0.15, 0.2) is 18.2 Å². The van der Waals surface area contributed by atoms with E-state index in [0.717, 1.165) is 37.3 Å². The highest BCUT2D eigenvalue weighted by Gasteiger charge is 2.32. The Morgan fingerprint density at radius 3 is 2.62 bits per heavy atom. The Morgan fingerprint density at radius 1 is 1.43 bits per heavy atom. The first-order valence-corrected chi connectivity index (χ1v) is 7.80. The van der Waals surface area contributed by atoms with Crippen LogP contribution < -0.4 is 11.1 Å². The molecule has 4 nitrogen and oxygen atoms in total. The second kappa shape index (κ2) is 6.48. The molecule has 1 aromatic carbocycles. The largest absolute Gasteiger partial charge is 0.398 e. The Hall–Kier alpha value is -1.55. The molecule has 0 spiro atoms. The summed E-state index contributed by atoms with van der Waals surface area (Å²) in [6.07, 6.45) is 5.09. The quantitative estimate of drug-likeness (QED) is 0.575. The van der Waals surface area contributed by atoms with E-state index in [1.807, 2.05) is 6.07 Å². The zero-order valence-electron chi connectivity index (χ0n) is 13.0. The van der Waals surface area contributed by atoms with Gasteiger partial charge in [-0.1, -0.05) is 13.3 Å². The summed E-state index contributed by atoms with van der Waals surface area (Å²) in [4.78, 5) is 11.4. The van der Waals surface area contributed by atoms with Gasteiger partial charge in [0.25, 0.3) is 0 Å². The molecule has 1 aliphatic rings. The van der Waals surface area contributed by atoms with E-state index in [-0.39, 0.29) is 5.78 Å². The third-order valence-corrected chi connectivity index (χ3v) is 4.67. The molecule has 0 atom stereocenters. The van der Waals surface area contributed by atoms with E-state index in [2.05, 4.69) is 12.2 Å². The van der Waals surface area contributed by atoms with Gasteiger partial charge >= 0.3 is 0 Å². The maximum Gasteiger partial charge on any atom is 0.161 e. The first-order valence-electron chi connectivity index (χ1n) is 7.80. The van der Waals surface area contributed by atoms with Crippen LogP contribution in [0.4, 0.5) is 11.4 Å². The Labute approximate surface area is 126 Å². The zero-order valence-corrected chi connectivity index (χ0v) is 13.0. The number of hydrogen-bond acceptors (Lipinski definition) is 4. The minimum Gasteiger partial charge on any atom is -0.398 e. The second-order valence-electron chi connectivity index (χ2n) is 6.29. The molecule has 1 aromatic rings. The molecular weight excluding hydrogens is 264 g/mol. The number of Topliss-reactive ketones (excluding diaryl/α,β-unsaturated/α-hetero) is 1. The molecule has 1 saturated carbocycles. The number of benzene rings is 1. The number of carbonyl (C=O) groups is 1. The van der Waals surface area contributed by atoms with Gasteiger partial charge in [-0.05, 0) is 56.7 Å². The summed E-state index contributed by atoms with van der Waals surface area (Å²) < 4.78 is 0. The van der Waals surface area contributed by atoms with Gasteiger partial charge in [-0.15, -0.1) is 0 Å². The molecule has 0 heterocycles. The normalized spacial score (nSPS) is 25.6. The van der Waals surface area contributed by atoms with Gasteiger partial charge in [-0.2, -0.15) is 0 Å². The summed E-state index contributed by atoms with van der Waals surface area (Å²) in [6, 6.07) is 5.34. The fraction of sp³-hybridized carbons (Fsp3) is 0.588. The van der Waals surface area contributed by atoms with Crippen LogP contribution in [0.1, 0.15) is 56.3 Å². The van der Waals surface area contributed by atoms with E-state index < -0.39 is 5.60 Å². The van der Waals surface area contributed by atoms with Gasteiger partial charge in [-0.25, -0.2) is 0 Å². The standard InChI is InChI=1S/C17H26N2O2/c1-3-13-6-8-17(21,9-7-13)11-19-14-4-5-15(12(2)20)16(18)10-14/h4-5,10,13,19,21H,3,6-9,11,18H2,1-2H3. The van der Waals surface area contributed by atoms with Crippen LogP contribution in [0.2, 0.25) is 0 Å². The molecule has 0 amide bonds. The van der Waals surface area contributed by atoms with Crippen molar-refractivity contribution in [3.05, 3.63) is 23.8 Å². The fourth-order valence-corrected chi connectivity index (χ4v) is 3.06. The molecule has 0 radical (unpaired) electrons. The minimum absolute atomic E-state index is 0.0319. The molecule has 2 rings (SSSR count). The number of carbonyl (C=O) groups excluding carboxylic acids is 1. The van der Waals surface area contributed by atoms with E-state index in [1.54, 1.807) is 12.1 Å². The Kier molecular flexibility index (Phi) is 4.88. The van der Waals surface area contributed by atoms with Crippen LogP contribution in [0.3, 0.4) is 0 Å². The van der Waals surface area contributed by atoms with Crippen molar-refractivity contribution < 1.29 is 9.90 Å². The van der Waals surface area contributed by atoms with Crippen LogP contribution in [0, 0.1) is 5.92 Å². The summed E-state index contributed by atoms with van der Waals surface area (Å²) in [5.74, 6) is 0.728. The van der Waals surface area contributed by atoms with Gasteiger partial charge in [0.05, 0.1) is 5.60 Å². The number of aliphatic hydroxyl groups is 1. The third kappa shape index (κ3) is 3.97. The van der Waals surface area contributed by atoms with Crippen molar-refractivity contribution >= 4 is 17.2 Å². The summed E-state index contributed by atoms with van der Waals surface area (Å²) in [5, 5.41) is 13.9. The lowest BCUT2D eigenvalue weighted by atomic mass is 9.78. The molecule has 0 unspecified atom stereocenters. The van der Waals surface area contributed by atoms with E-state index in [4.69, 9.17) is 5.73 Å². The summed E-state index contributed by atoms with van der Waals surface area (Å²) in [7, 11) is 0. The smallest absolute Gasteiger partial charge is 0.161 e. The molecule has 0 saturated heterocycles. The van der Waals surface area contributed by atoms with Crippen LogP contribution in [-0.4, -0.2) is 23.0 Å². The van der Waals surface area contributed by atoms with Crippen molar-refractivity contribution in [1.82, 2.24) is 0 Å². The molecule has 0 bridgehead atoms. The molecule has 0 aliphatic heterocycles. The lowest BCUT2D eigenvalue weighted by Crippen LogP contribution is -2.40. The van der Waals surface area contributed by atoms with Crippen LogP contribution in [0.25, 0.3) is 0 Å². The van der Waals surface area contributed by atoms with E-state index in [1.165, 1.54) is 13.3 Å². The number of nitrogens with two attached hydrogens (primary N) is 1. The van der Waals surface area contributed by atoms with Crippen LogP contribution >= 0.6 is 0 Å². The Bertz CT molecular complexity index is 506. The van der Waals surface area contributed by atoms with Gasteiger partial charge in [0, 0.05) is 23.5 Å². The number of nitrogens with one attached hydrogen (secondary N) is 1. The first-order chi connectivity index (χ1) is 9.93. The Morgan fingerprint density at radius 2 is 2.10 bits per heavy atom. The molecule has 1 aliphatic carbocycles. The number of anilines is 2. The van der Waals surface area contributed by atoms with Gasteiger partial charge in [-0.3, -0.25) is 4.79 Å². The summed E-state index contributed by atoms with van der Waals surface area (Å²) >= 11 is 0. The van der Waals surface area contributed by atoms with Crippen molar-refractivity contribution in [2.24, 2.45) is 5.92 Å². The molecular formula is C17H26N2O2. The molecule has 116 valence electrons. The minimum atomic E-state index is -0.625. The number of ketones is 1. The summed E-state index contributed by atoms with van der Waals surface area (Å²) in [6.45, 7) is 4.25. The van der Waals surface area contributed by atoms with Crippen molar-refractivity contribution in [3.63, 3.8) is 0 Å². The fourth-order valence-electron chi connectivity index (χ4n) is 3.06. The maximum atomic E-state index is 11.4. The maximum absolute atomic E-state index is 11.4. The highest BCUT2D eigenvalue weighted by molar-refractivity contribution is 5.99. The van der Waals surface area contributed by atoms with Crippen molar-refractivity contribution in [3.8, 4) is 0 Å². The first kappa shape index (κ1) is 15.8. The van der Waals surface area contributed by atoms with Gasteiger partial charge < -0.3 is 16.2 Å². The second-order valence-corrected chi connectivity index (χ2v) is 6.29. The van der Waals surface area contributed by atoms with Crippen LogP contribution in [0.5, 0.6) is 0 Å². The summed E-state index contributed by atoms with van der Waals surface area (Å²) in [5.41, 5.74) is 7.13. The number of nitrogen functional groups attached to an aromatic ring is 1. The number of hydrogen-bond donors (Lipinski definition) is 3. The van der Waals surface area contributed by atoms with Crippen molar-refractivity contribution in [2.45, 2.75) is 51.6 Å². The molecule has 0 aromatic heterocycles. The van der Waals surface area contributed by atoms with Crippen LogP contribution in [-0.2, 0) is 0 Å². The van der Waals surface area contributed by atoms with Crippen molar-refractivity contribution in [2.75, 3.05) is 17.6 Å². The average molecular weight is 290 g/mol. The number of rotatable bonds is 5. The van der Waals surface area contributed by atoms with Gasteiger partial charge in [0.1, 0.15) is 0 Å².